The van der Waals surface area contributed by atoms with Gasteiger partial charge in [0.1, 0.15) is 5.75 Å². The van der Waals surface area contributed by atoms with Crippen molar-refractivity contribution in [3.8, 4) is 5.75 Å². The normalized spacial score (nSPS) is 12.4. The van der Waals surface area contributed by atoms with Crippen molar-refractivity contribution in [1.29, 1.82) is 0 Å². The standard InChI is InChI=1S/C13H21NO2/c1-3-16-13-6-4-12(5-7-13)10-14-9-8-11(2)15/h4-7,11,14-15H,3,8-10H2,1-2H3. The molecule has 0 bridgehead atoms. The zero-order valence-electron chi connectivity index (χ0n) is 10.1. The third kappa shape index (κ3) is 5.14. The number of aliphatic hydroxyl groups is 1. The van der Waals surface area contributed by atoms with Crippen molar-refractivity contribution in [2.24, 2.45) is 0 Å². The first-order chi connectivity index (χ1) is 7.72. The van der Waals surface area contributed by atoms with Gasteiger partial charge in [-0.2, -0.15) is 0 Å². The molecule has 0 aromatic heterocycles. The molecule has 16 heavy (non-hydrogen) atoms. The monoisotopic (exact) mass is 223 g/mol. The second-order valence-corrected chi connectivity index (χ2v) is 3.89. The molecule has 0 radical (unpaired) electrons. The molecule has 0 aliphatic rings. The number of hydrogen-bond donors (Lipinski definition) is 2. The Hall–Kier alpha value is -1.06. The van der Waals surface area contributed by atoms with E-state index in [0.29, 0.717) is 6.61 Å². The fourth-order valence-corrected chi connectivity index (χ4v) is 1.41. The molecule has 3 heteroatoms. The van der Waals surface area contributed by atoms with E-state index in [4.69, 9.17) is 9.84 Å². The minimum absolute atomic E-state index is 0.229. The highest BCUT2D eigenvalue weighted by molar-refractivity contribution is 5.27. The van der Waals surface area contributed by atoms with Gasteiger partial charge in [0.15, 0.2) is 0 Å². The van der Waals surface area contributed by atoms with E-state index < -0.39 is 0 Å². The molecular weight excluding hydrogens is 202 g/mol. The molecule has 1 rings (SSSR count). The van der Waals surface area contributed by atoms with Gasteiger partial charge in [-0.15, -0.1) is 0 Å². The summed E-state index contributed by atoms with van der Waals surface area (Å²) >= 11 is 0. The average molecular weight is 223 g/mol. The largest absolute Gasteiger partial charge is 0.494 e. The first-order valence-electron chi connectivity index (χ1n) is 5.83. The van der Waals surface area contributed by atoms with Crippen LogP contribution in [0.5, 0.6) is 5.75 Å². The molecule has 0 aliphatic carbocycles. The Balaban J connectivity index is 2.26. The van der Waals surface area contributed by atoms with Crippen LogP contribution >= 0.6 is 0 Å². The minimum atomic E-state index is -0.229. The smallest absolute Gasteiger partial charge is 0.119 e. The highest BCUT2D eigenvalue weighted by Crippen LogP contribution is 2.11. The Morgan fingerprint density at radius 2 is 2.00 bits per heavy atom. The molecule has 1 aromatic rings. The second-order valence-electron chi connectivity index (χ2n) is 3.89. The van der Waals surface area contributed by atoms with Crippen LogP contribution in [-0.2, 0) is 6.54 Å². The topological polar surface area (TPSA) is 41.5 Å². The van der Waals surface area contributed by atoms with Crippen molar-refractivity contribution >= 4 is 0 Å². The van der Waals surface area contributed by atoms with Gasteiger partial charge in [-0.25, -0.2) is 0 Å². The second kappa shape index (κ2) is 7.25. The summed E-state index contributed by atoms with van der Waals surface area (Å²) in [6.07, 6.45) is 0.560. The Morgan fingerprint density at radius 1 is 1.31 bits per heavy atom. The van der Waals surface area contributed by atoms with E-state index in [1.165, 1.54) is 5.56 Å². The Bertz CT molecular complexity index is 282. The molecule has 0 saturated heterocycles. The maximum atomic E-state index is 9.09. The van der Waals surface area contributed by atoms with Crippen LogP contribution in [-0.4, -0.2) is 24.4 Å². The Labute approximate surface area is 97.4 Å². The van der Waals surface area contributed by atoms with Gasteiger partial charge in [0, 0.05) is 6.54 Å². The summed E-state index contributed by atoms with van der Waals surface area (Å²) in [6, 6.07) is 8.07. The maximum absolute atomic E-state index is 9.09. The first-order valence-corrected chi connectivity index (χ1v) is 5.83. The zero-order valence-corrected chi connectivity index (χ0v) is 10.1. The van der Waals surface area contributed by atoms with E-state index in [0.717, 1.165) is 25.3 Å². The number of rotatable bonds is 7. The maximum Gasteiger partial charge on any atom is 0.119 e. The van der Waals surface area contributed by atoms with Gasteiger partial charge >= 0.3 is 0 Å². The lowest BCUT2D eigenvalue weighted by atomic mass is 10.2. The van der Waals surface area contributed by atoms with Gasteiger partial charge < -0.3 is 15.2 Å². The summed E-state index contributed by atoms with van der Waals surface area (Å²) in [6.45, 7) is 6.15. The number of benzene rings is 1. The number of ether oxygens (including phenoxy) is 1. The van der Waals surface area contributed by atoms with E-state index >= 15 is 0 Å². The van der Waals surface area contributed by atoms with E-state index in [2.05, 4.69) is 17.4 Å². The van der Waals surface area contributed by atoms with Crippen molar-refractivity contribution in [3.05, 3.63) is 29.8 Å². The first kappa shape index (κ1) is 13.0. The molecule has 0 heterocycles. The van der Waals surface area contributed by atoms with Gasteiger partial charge in [-0.1, -0.05) is 12.1 Å². The Kier molecular flexibility index (Phi) is 5.90. The van der Waals surface area contributed by atoms with Crippen LogP contribution in [0.2, 0.25) is 0 Å². The van der Waals surface area contributed by atoms with Crippen molar-refractivity contribution in [2.75, 3.05) is 13.2 Å². The van der Waals surface area contributed by atoms with E-state index in [1.54, 1.807) is 6.92 Å². The summed E-state index contributed by atoms with van der Waals surface area (Å²) in [4.78, 5) is 0. The lowest BCUT2D eigenvalue weighted by Crippen LogP contribution is -2.18. The summed E-state index contributed by atoms with van der Waals surface area (Å²) < 4.78 is 5.36. The lowest BCUT2D eigenvalue weighted by Gasteiger charge is -2.07. The van der Waals surface area contributed by atoms with Crippen molar-refractivity contribution in [2.45, 2.75) is 32.9 Å². The van der Waals surface area contributed by atoms with Crippen molar-refractivity contribution in [3.63, 3.8) is 0 Å². The van der Waals surface area contributed by atoms with Gasteiger partial charge in [-0.05, 0) is 44.5 Å². The van der Waals surface area contributed by atoms with E-state index in [9.17, 15) is 0 Å². The Morgan fingerprint density at radius 3 is 2.56 bits per heavy atom. The molecule has 3 nitrogen and oxygen atoms in total. The molecular formula is C13H21NO2. The molecule has 0 spiro atoms. The van der Waals surface area contributed by atoms with Crippen LogP contribution in [0.3, 0.4) is 0 Å². The average Bonchev–Trinajstić information content (AvgIpc) is 2.27. The van der Waals surface area contributed by atoms with Crippen LogP contribution in [0, 0.1) is 0 Å². The van der Waals surface area contributed by atoms with Gasteiger partial charge in [0.05, 0.1) is 12.7 Å². The number of hydrogen-bond acceptors (Lipinski definition) is 3. The molecule has 2 N–H and O–H groups in total. The molecule has 1 atom stereocenters. The molecule has 1 aromatic carbocycles. The van der Waals surface area contributed by atoms with Crippen LogP contribution in [0.15, 0.2) is 24.3 Å². The summed E-state index contributed by atoms with van der Waals surface area (Å²) in [5, 5.41) is 12.4. The lowest BCUT2D eigenvalue weighted by molar-refractivity contribution is 0.183. The van der Waals surface area contributed by atoms with Crippen LogP contribution in [0.1, 0.15) is 25.8 Å². The van der Waals surface area contributed by atoms with Crippen molar-refractivity contribution in [1.82, 2.24) is 5.32 Å². The number of nitrogens with one attached hydrogen (secondary N) is 1. The number of aliphatic hydroxyl groups excluding tert-OH is 1. The minimum Gasteiger partial charge on any atom is -0.494 e. The highest BCUT2D eigenvalue weighted by Gasteiger charge is 1.96. The van der Waals surface area contributed by atoms with Gasteiger partial charge in [-0.3, -0.25) is 0 Å². The molecule has 90 valence electrons. The van der Waals surface area contributed by atoms with E-state index in [1.807, 2.05) is 19.1 Å². The fraction of sp³-hybridized carbons (Fsp3) is 0.538. The summed E-state index contributed by atoms with van der Waals surface area (Å²) in [5.74, 6) is 0.912. The molecule has 0 fully saturated rings. The quantitative estimate of drug-likeness (QED) is 0.694. The third-order valence-electron chi connectivity index (χ3n) is 2.30. The summed E-state index contributed by atoms with van der Waals surface area (Å²) in [7, 11) is 0. The highest BCUT2D eigenvalue weighted by atomic mass is 16.5. The third-order valence-corrected chi connectivity index (χ3v) is 2.30. The van der Waals surface area contributed by atoms with Crippen LogP contribution in [0.25, 0.3) is 0 Å². The predicted molar refractivity (Wildman–Crippen MR) is 65.6 cm³/mol. The summed E-state index contributed by atoms with van der Waals surface area (Å²) in [5.41, 5.74) is 1.23. The predicted octanol–water partition coefficient (Wildman–Crippen LogP) is 1.95. The van der Waals surface area contributed by atoms with E-state index in [-0.39, 0.29) is 6.10 Å². The van der Waals surface area contributed by atoms with Crippen LogP contribution < -0.4 is 10.1 Å². The zero-order chi connectivity index (χ0) is 11.8. The molecule has 0 aliphatic heterocycles. The van der Waals surface area contributed by atoms with Gasteiger partial charge in [0.25, 0.3) is 0 Å². The van der Waals surface area contributed by atoms with Gasteiger partial charge in [0.2, 0.25) is 0 Å². The molecule has 0 saturated carbocycles. The SMILES string of the molecule is CCOc1ccc(CNCCC(C)O)cc1. The molecule has 1 unspecified atom stereocenters. The van der Waals surface area contributed by atoms with Crippen molar-refractivity contribution < 1.29 is 9.84 Å². The fourth-order valence-electron chi connectivity index (χ4n) is 1.41. The van der Waals surface area contributed by atoms with Crippen LogP contribution in [0.4, 0.5) is 0 Å². The molecule has 0 amide bonds.